The van der Waals surface area contributed by atoms with Gasteiger partial charge in [0.25, 0.3) is 0 Å². The summed E-state index contributed by atoms with van der Waals surface area (Å²) >= 11 is 0. The fourth-order valence-corrected chi connectivity index (χ4v) is 4.75. The third-order valence-corrected chi connectivity index (χ3v) is 6.46. The lowest BCUT2D eigenvalue weighted by atomic mass is 10.0. The molecule has 0 spiro atoms. The van der Waals surface area contributed by atoms with Crippen LogP contribution >= 0.6 is 0 Å². The van der Waals surface area contributed by atoms with E-state index in [1.807, 2.05) is 4.90 Å². The summed E-state index contributed by atoms with van der Waals surface area (Å²) in [6.07, 6.45) is 10.3. The van der Waals surface area contributed by atoms with Crippen LogP contribution in [0.1, 0.15) is 57.8 Å². The van der Waals surface area contributed by atoms with Crippen molar-refractivity contribution in [2.24, 2.45) is 5.92 Å². The average Bonchev–Trinajstić information content (AvgIpc) is 3.12. The third-order valence-electron chi connectivity index (χ3n) is 6.46. The van der Waals surface area contributed by atoms with Crippen molar-refractivity contribution >= 4 is 11.9 Å². The molecule has 6 heteroatoms. The standard InChI is InChI=1S/C19H32N4O2/c24-18(14-5-6-14)22-10-7-15(8-11-22)20-19(25)21-16-9-12-23(13-16)17-3-1-2-4-17/h14-17H,1-13H2,(H2,20,21,25). The molecule has 0 radical (unpaired) electrons. The Morgan fingerprint density at radius 3 is 2.08 bits per heavy atom. The number of carbonyl (C=O) groups excluding carboxylic acids is 2. The van der Waals surface area contributed by atoms with Gasteiger partial charge in [-0.05, 0) is 44.9 Å². The van der Waals surface area contributed by atoms with Gasteiger partial charge in [0.15, 0.2) is 0 Å². The minimum absolute atomic E-state index is 0.0229. The van der Waals surface area contributed by atoms with E-state index in [2.05, 4.69) is 15.5 Å². The van der Waals surface area contributed by atoms with Crippen molar-refractivity contribution < 1.29 is 9.59 Å². The van der Waals surface area contributed by atoms with Crippen LogP contribution in [0.5, 0.6) is 0 Å². The Morgan fingerprint density at radius 1 is 0.760 bits per heavy atom. The number of likely N-dealkylation sites (tertiary alicyclic amines) is 2. The molecule has 2 N–H and O–H groups in total. The van der Waals surface area contributed by atoms with E-state index in [0.717, 1.165) is 64.3 Å². The third kappa shape index (κ3) is 4.27. The van der Waals surface area contributed by atoms with Gasteiger partial charge in [0, 0.05) is 50.2 Å². The van der Waals surface area contributed by atoms with Crippen molar-refractivity contribution in [3.05, 3.63) is 0 Å². The summed E-state index contributed by atoms with van der Waals surface area (Å²) in [4.78, 5) is 28.9. The van der Waals surface area contributed by atoms with E-state index in [9.17, 15) is 9.59 Å². The van der Waals surface area contributed by atoms with Gasteiger partial charge >= 0.3 is 6.03 Å². The topological polar surface area (TPSA) is 64.7 Å². The average molecular weight is 348 g/mol. The number of nitrogens with one attached hydrogen (secondary N) is 2. The summed E-state index contributed by atoms with van der Waals surface area (Å²) in [6.45, 7) is 3.71. The first-order chi connectivity index (χ1) is 12.2. The zero-order valence-corrected chi connectivity index (χ0v) is 15.2. The summed E-state index contributed by atoms with van der Waals surface area (Å²) in [7, 11) is 0. The predicted octanol–water partition coefficient (Wildman–Crippen LogP) is 1.70. The number of carbonyl (C=O) groups is 2. The van der Waals surface area contributed by atoms with Crippen molar-refractivity contribution in [3.8, 4) is 0 Å². The second-order valence-electron chi connectivity index (χ2n) is 8.41. The maximum Gasteiger partial charge on any atom is 0.315 e. The highest BCUT2D eigenvalue weighted by atomic mass is 16.2. The summed E-state index contributed by atoms with van der Waals surface area (Å²) < 4.78 is 0. The van der Waals surface area contributed by atoms with Crippen LogP contribution in [0.4, 0.5) is 4.79 Å². The van der Waals surface area contributed by atoms with E-state index in [0.29, 0.717) is 11.8 Å². The van der Waals surface area contributed by atoms with Gasteiger partial charge in [-0.1, -0.05) is 12.8 Å². The maximum absolute atomic E-state index is 12.3. The highest BCUT2D eigenvalue weighted by molar-refractivity contribution is 5.81. The molecule has 2 aliphatic carbocycles. The normalized spacial score (nSPS) is 29.1. The van der Waals surface area contributed by atoms with Gasteiger partial charge in [0.1, 0.15) is 0 Å². The van der Waals surface area contributed by atoms with Crippen LogP contribution in [0.15, 0.2) is 0 Å². The Bertz CT molecular complexity index is 494. The van der Waals surface area contributed by atoms with E-state index >= 15 is 0 Å². The number of hydrogen-bond acceptors (Lipinski definition) is 3. The van der Waals surface area contributed by atoms with Crippen LogP contribution in [0.2, 0.25) is 0 Å². The zero-order chi connectivity index (χ0) is 17.2. The molecule has 0 aromatic carbocycles. The molecule has 2 saturated heterocycles. The van der Waals surface area contributed by atoms with Gasteiger partial charge in [0.2, 0.25) is 5.91 Å². The van der Waals surface area contributed by atoms with Crippen molar-refractivity contribution in [3.63, 3.8) is 0 Å². The minimum atomic E-state index is -0.0229. The monoisotopic (exact) mass is 348 g/mol. The molecule has 2 saturated carbocycles. The molecule has 0 aromatic rings. The maximum atomic E-state index is 12.3. The largest absolute Gasteiger partial charge is 0.342 e. The first-order valence-corrected chi connectivity index (χ1v) is 10.3. The predicted molar refractivity (Wildman–Crippen MR) is 96.2 cm³/mol. The van der Waals surface area contributed by atoms with Crippen molar-refractivity contribution in [2.45, 2.75) is 75.9 Å². The smallest absolute Gasteiger partial charge is 0.315 e. The molecule has 25 heavy (non-hydrogen) atoms. The van der Waals surface area contributed by atoms with Crippen molar-refractivity contribution in [1.82, 2.24) is 20.4 Å². The highest BCUT2D eigenvalue weighted by Gasteiger charge is 2.35. The molecule has 0 aromatic heterocycles. The van der Waals surface area contributed by atoms with Crippen molar-refractivity contribution in [2.75, 3.05) is 26.2 Å². The van der Waals surface area contributed by atoms with E-state index in [4.69, 9.17) is 0 Å². The van der Waals surface area contributed by atoms with Crippen LogP contribution in [0, 0.1) is 5.92 Å². The van der Waals surface area contributed by atoms with Gasteiger partial charge in [-0.3, -0.25) is 9.69 Å². The fourth-order valence-electron chi connectivity index (χ4n) is 4.75. The number of amides is 3. The number of nitrogens with zero attached hydrogens (tertiary/aromatic N) is 2. The molecule has 2 heterocycles. The molecule has 1 unspecified atom stereocenters. The summed E-state index contributed by atoms with van der Waals surface area (Å²) in [5.41, 5.74) is 0. The molecule has 1 atom stereocenters. The van der Waals surface area contributed by atoms with Gasteiger partial charge in [-0.2, -0.15) is 0 Å². The van der Waals surface area contributed by atoms with E-state index in [1.165, 1.54) is 25.7 Å². The summed E-state index contributed by atoms with van der Waals surface area (Å²) in [5.74, 6) is 0.638. The highest BCUT2D eigenvalue weighted by Crippen LogP contribution is 2.32. The van der Waals surface area contributed by atoms with Crippen LogP contribution in [0.3, 0.4) is 0 Å². The summed E-state index contributed by atoms with van der Waals surface area (Å²) in [6, 6.07) is 1.22. The second kappa shape index (κ2) is 7.52. The van der Waals surface area contributed by atoms with Crippen LogP contribution in [-0.2, 0) is 4.79 Å². The first kappa shape index (κ1) is 17.1. The van der Waals surface area contributed by atoms with Gasteiger partial charge in [-0.25, -0.2) is 4.79 Å². The van der Waals surface area contributed by atoms with Crippen LogP contribution in [0.25, 0.3) is 0 Å². The molecule has 0 bridgehead atoms. The van der Waals surface area contributed by atoms with Crippen molar-refractivity contribution in [1.29, 1.82) is 0 Å². The quantitative estimate of drug-likeness (QED) is 0.813. The fraction of sp³-hybridized carbons (Fsp3) is 0.895. The van der Waals surface area contributed by atoms with Crippen LogP contribution in [-0.4, -0.2) is 66.0 Å². The Labute approximate surface area is 150 Å². The first-order valence-electron chi connectivity index (χ1n) is 10.3. The van der Waals surface area contributed by atoms with E-state index in [-0.39, 0.29) is 18.1 Å². The molecule has 4 aliphatic rings. The Morgan fingerprint density at radius 2 is 1.40 bits per heavy atom. The molecule has 2 aliphatic heterocycles. The Hall–Kier alpha value is -1.30. The molecule has 140 valence electrons. The molecular formula is C19H32N4O2. The van der Waals surface area contributed by atoms with Crippen LogP contribution < -0.4 is 10.6 Å². The summed E-state index contributed by atoms with van der Waals surface area (Å²) in [5, 5.41) is 6.30. The SMILES string of the molecule is O=C(NC1CCN(C(=O)C2CC2)CC1)NC1CCN(C2CCCC2)C1. The van der Waals surface area contributed by atoms with Gasteiger partial charge in [-0.15, -0.1) is 0 Å². The van der Waals surface area contributed by atoms with Gasteiger partial charge in [0.05, 0.1) is 0 Å². The minimum Gasteiger partial charge on any atom is -0.342 e. The molecule has 6 nitrogen and oxygen atoms in total. The zero-order valence-electron chi connectivity index (χ0n) is 15.2. The van der Waals surface area contributed by atoms with E-state index in [1.54, 1.807) is 0 Å². The lowest BCUT2D eigenvalue weighted by Gasteiger charge is -2.32. The van der Waals surface area contributed by atoms with Gasteiger partial charge < -0.3 is 15.5 Å². The molecule has 4 rings (SSSR count). The van der Waals surface area contributed by atoms with E-state index < -0.39 is 0 Å². The number of hydrogen-bond donors (Lipinski definition) is 2. The molecule has 4 fully saturated rings. The Balaban J connectivity index is 1.15. The number of urea groups is 1. The number of rotatable bonds is 4. The lowest BCUT2D eigenvalue weighted by Crippen LogP contribution is -2.51. The molecular weight excluding hydrogens is 316 g/mol. The second-order valence-corrected chi connectivity index (χ2v) is 8.41. The lowest BCUT2D eigenvalue weighted by molar-refractivity contribution is -0.133. The number of piperidine rings is 1. The Kier molecular flexibility index (Phi) is 5.15. The molecule has 3 amide bonds.